The molecule has 1 N–H and O–H groups in total. The molecule has 5 heteroatoms. The molecular formula is C25H33O3PS. The van der Waals surface area contributed by atoms with Crippen LogP contribution in [0.5, 0.6) is 0 Å². The van der Waals surface area contributed by atoms with Crippen molar-refractivity contribution in [3.63, 3.8) is 0 Å². The molecule has 0 fully saturated rings. The van der Waals surface area contributed by atoms with Gasteiger partial charge >= 0.3 is 153 Å². The molecule has 0 amide bonds. The first-order valence-electron chi connectivity index (χ1n) is 10.1. The van der Waals surface area contributed by atoms with Crippen molar-refractivity contribution < 1.29 is 13.0 Å². The molecular weight excluding hydrogens is 411 g/mol. The Morgan fingerprint density at radius 3 is 1.20 bits per heavy atom. The van der Waals surface area contributed by atoms with Crippen molar-refractivity contribution >= 4 is 33.3 Å². The largest absolute Gasteiger partial charge is 0.286 e. The fraction of sp³-hybridized carbons (Fsp3) is 0.280. The van der Waals surface area contributed by atoms with Crippen LogP contribution in [0.2, 0.25) is 0 Å². The van der Waals surface area contributed by atoms with Crippen LogP contribution in [0.3, 0.4) is 0 Å². The van der Waals surface area contributed by atoms with Crippen molar-refractivity contribution in [1.82, 2.24) is 0 Å². The molecule has 3 rings (SSSR count). The van der Waals surface area contributed by atoms with E-state index in [4.69, 9.17) is 4.55 Å². The molecule has 0 aromatic heterocycles. The molecule has 0 unspecified atom stereocenters. The molecule has 0 aliphatic heterocycles. The second-order valence-electron chi connectivity index (χ2n) is 8.80. The Kier molecular flexibility index (Phi) is 8.37. The fourth-order valence-electron chi connectivity index (χ4n) is 3.66. The number of benzene rings is 3. The van der Waals surface area contributed by atoms with Gasteiger partial charge in [-0.3, -0.25) is 4.55 Å². The zero-order valence-electron chi connectivity index (χ0n) is 18.2. The monoisotopic (exact) mass is 444 g/mol. The molecule has 0 aliphatic carbocycles. The molecule has 0 heterocycles. The van der Waals surface area contributed by atoms with Crippen molar-refractivity contribution in [2.24, 2.45) is 5.41 Å². The van der Waals surface area contributed by atoms with Gasteiger partial charge in [0.15, 0.2) is 0 Å². The summed E-state index contributed by atoms with van der Waals surface area (Å²) in [5.41, 5.74) is 0.330. The van der Waals surface area contributed by atoms with E-state index in [9.17, 15) is 8.42 Å². The minimum absolute atomic E-state index is 0.330. The normalized spacial score (nSPS) is 12.6. The summed E-state index contributed by atoms with van der Waals surface area (Å²) in [6.07, 6.45) is 3.17. The van der Waals surface area contributed by atoms with Gasteiger partial charge in [-0.25, -0.2) is 0 Å². The average Bonchev–Trinajstić information content (AvgIpc) is 2.69. The van der Waals surface area contributed by atoms with Crippen molar-refractivity contribution in [3.05, 3.63) is 91.0 Å². The molecule has 0 bridgehead atoms. The van der Waals surface area contributed by atoms with Crippen LogP contribution in [-0.2, 0) is 10.1 Å². The van der Waals surface area contributed by atoms with E-state index in [1.165, 1.54) is 28.5 Å². The Morgan fingerprint density at radius 1 is 0.700 bits per heavy atom. The molecule has 3 aromatic carbocycles. The van der Waals surface area contributed by atoms with E-state index in [0.29, 0.717) is 11.7 Å². The molecule has 0 spiro atoms. The molecule has 0 radical (unpaired) electrons. The number of hydrogen-bond donors (Lipinski definition) is 1. The van der Waals surface area contributed by atoms with Gasteiger partial charge in [0.05, 0.1) is 6.26 Å². The Labute approximate surface area is 182 Å². The Bertz CT molecular complexity index is 892. The van der Waals surface area contributed by atoms with Gasteiger partial charge < -0.3 is 0 Å². The van der Waals surface area contributed by atoms with E-state index in [1.807, 2.05) is 0 Å². The maximum absolute atomic E-state index is 9.19. The van der Waals surface area contributed by atoms with Crippen molar-refractivity contribution in [2.75, 3.05) is 12.4 Å². The van der Waals surface area contributed by atoms with Crippen LogP contribution < -0.4 is 15.9 Å². The average molecular weight is 445 g/mol. The van der Waals surface area contributed by atoms with Crippen molar-refractivity contribution in [2.45, 2.75) is 27.2 Å². The van der Waals surface area contributed by atoms with Crippen LogP contribution in [0.15, 0.2) is 91.0 Å². The minimum atomic E-state index is -3.67. The van der Waals surface area contributed by atoms with E-state index >= 15 is 0 Å². The summed E-state index contributed by atoms with van der Waals surface area (Å²) in [4.78, 5) is 0. The van der Waals surface area contributed by atoms with E-state index in [0.717, 1.165) is 0 Å². The smallest absolute Gasteiger partial charge is 0.261 e. The molecule has 3 aromatic rings. The molecule has 3 nitrogen and oxygen atoms in total. The van der Waals surface area contributed by atoms with Gasteiger partial charge in [-0.2, -0.15) is 8.42 Å². The van der Waals surface area contributed by atoms with Gasteiger partial charge in [0.1, 0.15) is 0 Å². The van der Waals surface area contributed by atoms with Gasteiger partial charge in [0, 0.05) is 0 Å². The van der Waals surface area contributed by atoms with Crippen molar-refractivity contribution in [1.29, 1.82) is 0 Å². The van der Waals surface area contributed by atoms with Gasteiger partial charge in [-0.1, -0.05) is 0 Å². The van der Waals surface area contributed by atoms with Crippen LogP contribution in [-0.4, -0.2) is 25.4 Å². The summed E-state index contributed by atoms with van der Waals surface area (Å²) >= 11 is 0. The summed E-state index contributed by atoms with van der Waals surface area (Å²) in [6, 6.07) is 33.6. The van der Waals surface area contributed by atoms with Crippen LogP contribution >= 0.6 is 7.26 Å². The zero-order valence-corrected chi connectivity index (χ0v) is 20.1. The first-order chi connectivity index (χ1) is 14.0. The molecule has 0 saturated heterocycles. The molecule has 0 aliphatic rings. The summed E-state index contributed by atoms with van der Waals surface area (Å²) in [5, 5.41) is 4.53. The maximum atomic E-state index is 9.19. The second kappa shape index (κ2) is 10.3. The number of hydrogen-bond acceptors (Lipinski definition) is 2. The third-order valence-corrected chi connectivity index (χ3v) is 10.0. The van der Waals surface area contributed by atoms with Crippen LogP contribution in [0.4, 0.5) is 0 Å². The topological polar surface area (TPSA) is 54.4 Å². The quantitative estimate of drug-likeness (QED) is 0.460. The van der Waals surface area contributed by atoms with Gasteiger partial charge in [0.25, 0.3) is 10.1 Å². The third kappa shape index (κ3) is 7.36. The summed E-state index contributed by atoms with van der Waals surface area (Å²) in [6.45, 7) is 7.06. The van der Waals surface area contributed by atoms with Gasteiger partial charge in [-0.15, -0.1) is 0 Å². The van der Waals surface area contributed by atoms with E-state index in [-0.39, 0.29) is 0 Å². The second-order valence-corrected chi connectivity index (χ2v) is 14.3. The molecule has 0 saturated carbocycles. The minimum Gasteiger partial charge on any atom is -0.286 e. The predicted molar refractivity (Wildman–Crippen MR) is 133 cm³/mol. The van der Waals surface area contributed by atoms with Crippen LogP contribution in [0.1, 0.15) is 27.2 Å². The summed E-state index contributed by atoms with van der Waals surface area (Å²) < 4.78 is 25.9. The maximum Gasteiger partial charge on any atom is 0.261 e. The van der Waals surface area contributed by atoms with E-state index in [1.54, 1.807) is 0 Å². The fourth-order valence-corrected chi connectivity index (χ4v) is 8.94. The predicted octanol–water partition coefficient (Wildman–Crippen LogP) is 4.65. The Hall–Kier alpha value is -2.00. The first-order valence-corrected chi connectivity index (χ1v) is 14.2. The van der Waals surface area contributed by atoms with Gasteiger partial charge in [-0.05, 0) is 0 Å². The number of rotatable bonds is 5. The van der Waals surface area contributed by atoms with Gasteiger partial charge in [0.2, 0.25) is 0 Å². The van der Waals surface area contributed by atoms with E-state index < -0.39 is 17.4 Å². The SMILES string of the molecule is CC(C)(C)CC[PH](c1ccccc1)(c1ccccc1)c1ccccc1.CS(=O)(=O)O. The summed E-state index contributed by atoms with van der Waals surface area (Å²) in [7, 11) is -5.70. The Balaban J connectivity index is 0.000000575. The van der Waals surface area contributed by atoms with Crippen molar-refractivity contribution in [3.8, 4) is 0 Å². The molecule has 162 valence electrons. The summed E-state index contributed by atoms with van der Waals surface area (Å²) in [5.74, 6) is 0. The van der Waals surface area contributed by atoms with E-state index in [2.05, 4.69) is 112 Å². The first kappa shape index (κ1) is 24.3. The zero-order chi connectivity index (χ0) is 22.3. The standard InChI is InChI=1S/C24H29P.CH4O3S/c1-24(2,3)19-20-25(21-13-7-4-8-14-21,22-15-9-5-10-16-22)23-17-11-6-12-18-23;1-5(2,3)4/h4-18,25H,19-20H2,1-3H3;1H3,(H,2,3,4). The van der Waals surface area contributed by atoms with Crippen LogP contribution in [0.25, 0.3) is 0 Å². The third-order valence-electron chi connectivity index (χ3n) is 5.05. The molecule has 0 atom stereocenters. The Morgan fingerprint density at radius 2 is 0.967 bits per heavy atom. The molecule has 30 heavy (non-hydrogen) atoms. The van der Waals surface area contributed by atoms with Crippen LogP contribution in [0, 0.1) is 5.41 Å².